The Morgan fingerprint density at radius 2 is 2.09 bits per heavy atom. The average Bonchev–Trinajstić information content (AvgIpc) is 2.84. The molecular weight excluding hydrogens is 323 g/mol. The van der Waals surface area contributed by atoms with Gasteiger partial charge in [0, 0.05) is 19.6 Å². The van der Waals surface area contributed by atoms with Crippen LogP contribution in [0.4, 0.5) is 9.18 Å². The Kier molecular flexibility index (Phi) is 5.81. The Balaban J connectivity index is 1.65. The second-order valence-corrected chi connectivity index (χ2v) is 7.86. The van der Waals surface area contributed by atoms with E-state index in [1.165, 1.54) is 17.0 Å². The van der Waals surface area contributed by atoms with Crippen molar-refractivity contribution in [2.24, 2.45) is 0 Å². The topological polar surface area (TPSA) is 75.7 Å². The van der Waals surface area contributed by atoms with E-state index in [0.717, 1.165) is 0 Å². The lowest BCUT2D eigenvalue weighted by atomic mass is 10.3. The number of nitrogens with one attached hydrogen (secondary N) is 1. The number of ether oxygens (including phenoxy) is 1. The molecule has 1 aliphatic heterocycles. The van der Waals surface area contributed by atoms with Gasteiger partial charge in [0.25, 0.3) is 0 Å². The van der Waals surface area contributed by atoms with Gasteiger partial charge in [-0.3, -0.25) is 0 Å². The molecule has 2 amide bonds. The predicted molar refractivity (Wildman–Crippen MR) is 84.7 cm³/mol. The fourth-order valence-electron chi connectivity index (χ4n) is 2.32. The summed E-state index contributed by atoms with van der Waals surface area (Å²) in [4.78, 5) is 13.4. The van der Waals surface area contributed by atoms with E-state index in [2.05, 4.69) is 5.32 Å². The van der Waals surface area contributed by atoms with Gasteiger partial charge < -0.3 is 15.0 Å². The van der Waals surface area contributed by atoms with Crippen LogP contribution in [0.1, 0.15) is 12.8 Å². The van der Waals surface area contributed by atoms with Crippen molar-refractivity contribution in [3.63, 3.8) is 0 Å². The highest BCUT2D eigenvalue weighted by Gasteiger charge is 2.29. The van der Waals surface area contributed by atoms with Crippen LogP contribution in [0.15, 0.2) is 24.3 Å². The molecule has 0 aliphatic carbocycles. The molecule has 1 aromatic rings. The minimum absolute atomic E-state index is 0.0141. The van der Waals surface area contributed by atoms with Crippen LogP contribution in [-0.4, -0.2) is 57.1 Å². The highest BCUT2D eigenvalue weighted by molar-refractivity contribution is 7.91. The standard InChI is InChI=1S/C15H21FN2O4S/c1-18(15(19)17-13-7-10-23(20,21)11-13)8-2-9-22-14-5-3-12(16)4-6-14/h3-6,13H,2,7-11H2,1H3,(H,17,19). The Labute approximate surface area is 135 Å². The van der Waals surface area contributed by atoms with Crippen molar-refractivity contribution >= 4 is 15.9 Å². The molecule has 1 atom stereocenters. The molecule has 0 bridgehead atoms. The number of rotatable bonds is 6. The molecule has 1 fully saturated rings. The summed E-state index contributed by atoms with van der Waals surface area (Å²) < 4.78 is 40.9. The van der Waals surface area contributed by atoms with Crippen molar-refractivity contribution in [3.05, 3.63) is 30.1 Å². The van der Waals surface area contributed by atoms with Gasteiger partial charge in [0.05, 0.1) is 18.1 Å². The van der Waals surface area contributed by atoms with Gasteiger partial charge in [-0.1, -0.05) is 0 Å². The normalized spacial score (nSPS) is 19.3. The second kappa shape index (κ2) is 7.63. The first-order chi connectivity index (χ1) is 10.9. The second-order valence-electron chi connectivity index (χ2n) is 5.63. The summed E-state index contributed by atoms with van der Waals surface area (Å²) in [5.41, 5.74) is 0. The first-order valence-corrected chi connectivity index (χ1v) is 9.28. The Morgan fingerprint density at radius 1 is 1.39 bits per heavy atom. The van der Waals surface area contributed by atoms with E-state index >= 15 is 0 Å². The molecule has 128 valence electrons. The molecule has 1 aliphatic rings. The fraction of sp³-hybridized carbons (Fsp3) is 0.533. The lowest BCUT2D eigenvalue weighted by Gasteiger charge is -2.20. The SMILES string of the molecule is CN(CCCOc1ccc(F)cc1)C(=O)NC1CCS(=O)(=O)C1. The third kappa shape index (κ3) is 5.70. The lowest BCUT2D eigenvalue weighted by molar-refractivity contribution is 0.200. The van der Waals surface area contributed by atoms with Gasteiger partial charge in [-0.05, 0) is 37.1 Å². The van der Waals surface area contributed by atoms with E-state index in [1.54, 1.807) is 19.2 Å². The van der Waals surface area contributed by atoms with Gasteiger partial charge in [-0.25, -0.2) is 17.6 Å². The van der Waals surface area contributed by atoms with Gasteiger partial charge in [-0.15, -0.1) is 0 Å². The van der Waals surface area contributed by atoms with Crippen LogP contribution in [-0.2, 0) is 9.84 Å². The number of benzene rings is 1. The van der Waals surface area contributed by atoms with Gasteiger partial charge in [0.1, 0.15) is 11.6 Å². The van der Waals surface area contributed by atoms with Crippen molar-refractivity contribution in [1.29, 1.82) is 0 Å². The molecule has 1 aromatic carbocycles. The van der Waals surface area contributed by atoms with Crippen LogP contribution >= 0.6 is 0 Å². The van der Waals surface area contributed by atoms with E-state index in [0.29, 0.717) is 31.7 Å². The maximum absolute atomic E-state index is 12.7. The number of hydrogen-bond donors (Lipinski definition) is 1. The van der Waals surface area contributed by atoms with E-state index in [-0.39, 0.29) is 29.4 Å². The molecule has 1 unspecified atom stereocenters. The van der Waals surface area contributed by atoms with E-state index in [1.807, 2.05) is 0 Å². The highest BCUT2D eigenvalue weighted by atomic mass is 32.2. The van der Waals surface area contributed by atoms with E-state index in [4.69, 9.17) is 4.74 Å². The third-order valence-corrected chi connectivity index (χ3v) is 5.39. The zero-order valence-corrected chi connectivity index (χ0v) is 13.8. The maximum Gasteiger partial charge on any atom is 0.317 e. The summed E-state index contributed by atoms with van der Waals surface area (Å²) in [6.07, 6.45) is 1.08. The molecule has 1 saturated heterocycles. The third-order valence-electron chi connectivity index (χ3n) is 3.63. The minimum atomic E-state index is -3.00. The zero-order valence-electron chi connectivity index (χ0n) is 13.0. The summed E-state index contributed by atoms with van der Waals surface area (Å²) in [5.74, 6) is 0.408. The fourth-order valence-corrected chi connectivity index (χ4v) is 3.99. The molecule has 0 spiro atoms. The number of carbonyl (C=O) groups is 1. The number of carbonyl (C=O) groups excluding carboxylic acids is 1. The van der Waals surface area contributed by atoms with Crippen LogP contribution in [0.3, 0.4) is 0 Å². The zero-order chi connectivity index (χ0) is 16.9. The van der Waals surface area contributed by atoms with Gasteiger partial charge in [-0.2, -0.15) is 0 Å². The number of urea groups is 1. The summed E-state index contributed by atoms with van der Waals surface area (Å²) in [5, 5.41) is 2.72. The van der Waals surface area contributed by atoms with Crippen LogP contribution in [0.2, 0.25) is 0 Å². The summed E-state index contributed by atoms with van der Waals surface area (Å²) in [6.45, 7) is 0.882. The van der Waals surface area contributed by atoms with Crippen molar-refractivity contribution in [2.75, 3.05) is 31.7 Å². The smallest absolute Gasteiger partial charge is 0.317 e. The minimum Gasteiger partial charge on any atom is -0.494 e. The molecule has 1 heterocycles. The van der Waals surface area contributed by atoms with Crippen LogP contribution in [0.25, 0.3) is 0 Å². The monoisotopic (exact) mass is 344 g/mol. The maximum atomic E-state index is 12.7. The number of nitrogens with zero attached hydrogens (tertiary/aromatic N) is 1. The van der Waals surface area contributed by atoms with Crippen molar-refractivity contribution in [3.8, 4) is 5.75 Å². The largest absolute Gasteiger partial charge is 0.494 e. The molecule has 0 radical (unpaired) electrons. The summed E-state index contributed by atoms with van der Waals surface area (Å²) >= 11 is 0. The van der Waals surface area contributed by atoms with E-state index < -0.39 is 9.84 Å². The molecule has 6 nitrogen and oxygen atoms in total. The van der Waals surface area contributed by atoms with Gasteiger partial charge in [0.15, 0.2) is 9.84 Å². The quantitative estimate of drug-likeness (QED) is 0.792. The lowest BCUT2D eigenvalue weighted by Crippen LogP contribution is -2.44. The van der Waals surface area contributed by atoms with Crippen molar-refractivity contribution < 1.29 is 22.3 Å². The Hall–Kier alpha value is -1.83. The van der Waals surface area contributed by atoms with Crippen LogP contribution in [0.5, 0.6) is 5.75 Å². The first kappa shape index (κ1) is 17.5. The predicted octanol–water partition coefficient (Wildman–Crippen LogP) is 1.42. The van der Waals surface area contributed by atoms with Crippen LogP contribution in [0, 0.1) is 5.82 Å². The van der Waals surface area contributed by atoms with Gasteiger partial charge in [0.2, 0.25) is 0 Å². The number of halogens is 1. The number of sulfone groups is 1. The average molecular weight is 344 g/mol. The Morgan fingerprint density at radius 3 is 2.70 bits per heavy atom. The Bertz CT molecular complexity index is 633. The summed E-state index contributed by atoms with van der Waals surface area (Å²) in [6, 6.07) is 5.16. The highest BCUT2D eigenvalue weighted by Crippen LogP contribution is 2.12. The molecule has 23 heavy (non-hydrogen) atoms. The van der Waals surface area contributed by atoms with E-state index in [9.17, 15) is 17.6 Å². The van der Waals surface area contributed by atoms with Crippen LogP contribution < -0.4 is 10.1 Å². The van der Waals surface area contributed by atoms with Crippen molar-refractivity contribution in [2.45, 2.75) is 18.9 Å². The molecule has 8 heteroatoms. The molecule has 2 rings (SSSR count). The molecule has 0 aromatic heterocycles. The molecule has 1 N–H and O–H groups in total. The molecule has 0 saturated carbocycles. The van der Waals surface area contributed by atoms with Gasteiger partial charge >= 0.3 is 6.03 Å². The first-order valence-electron chi connectivity index (χ1n) is 7.46. The van der Waals surface area contributed by atoms with Crippen molar-refractivity contribution in [1.82, 2.24) is 10.2 Å². The summed E-state index contributed by atoms with van der Waals surface area (Å²) in [7, 11) is -1.35. The number of amides is 2. The molecular formula is C15H21FN2O4S. The number of hydrogen-bond acceptors (Lipinski definition) is 4.